The van der Waals surface area contributed by atoms with Gasteiger partial charge in [-0.05, 0) is 37.6 Å². The van der Waals surface area contributed by atoms with E-state index in [0.29, 0.717) is 12.8 Å². The summed E-state index contributed by atoms with van der Waals surface area (Å²) in [6.07, 6.45) is -2.72. The van der Waals surface area contributed by atoms with Crippen molar-refractivity contribution in [1.82, 2.24) is 0 Å². The fraction of sp³-hybridized carbons (Fsp3) is 0.400. The fourth-order valence-electron chi connectivity index (χ4n) is 1.65. The molecule has 0 aliphatic rings. The highest BCUT2D eigenvalue weighted by molar-refractivity contribution is 5.89. The van der Waals surface area contributed by atoms with Crippen LogP contribution in [0.5, 0.6) is 5.75 Å². The zero-order valence-electron chi connectivity index (χ0n) is 12.2. The van der Waals surface area contributed by atoms with E-state index >= 15 is 0 Å². The third-order valence-electron chi connectivity index (χ3n) is 2.83. The molecule has 0 saturated carbocycles. The number of aliphatic hydroxyl groups excluding tert-OH is 1. The molecular weight excluding hydrogens is 301 g/mol. The van der Waals surface area contributed by atoms with Gasteiger partial charge >= 0.3 is 18.1 Å². The van der Waals surface area contributed by atoms with Crippen LogP contribution in [0, 0.1) is 0 Å². The van der Waals surface area contributed by atoms with Gasteiger partial charge < -0.3 is 14.6 Å². The lowest BCUT2D eigenvalue weighted by atomic mass is 10.1. The Bertz CT molecular complexity index is 524. The van der Waals surface area contributed by atoms with Crippen LogP contribution in [0.25, 0.3) is 0 Å². The van der Waals surface area contributed by atoms with Gasteiger partial charge in [-0.25, -0.2) is 4.79 Å². The number of hydrogen-bond donors (Lipinski definition) is 1. The third kappa shape index (κ3) is 5.77. The first-order valence-corrected chi connectivity index (χ1v) is 6.71. The summed E-state index contributed by atoms with van der Waals surface area (Å²) in [6.45, 7) is 3.46. The maximum absolute atomic E-state index is 12.6. The second kappa shape index (κ2) is 8.43. The summed E-state index contributed by atoms with van der Waals surface area (Å²) < 4.78 is 45.7. The number of ether oxygens (including phenoxy) is 2. The maximum atomic E-state index is 12.6. The van der Waals surface area contributed by atoms with Crippen LogP contribution in [-0.2, 0) is 4.74 Å². The van der Waals surface area contributed by atoms with Crippen LogP contribution < -0.4 is 4.74 Å². The highest BCUT2D eigenvalue weighted by Gasteiger charge is 2.15. The largest absolute Gasteiger partial charge is 0.459 e. The molecule has 0 aliphatic carbocycles. The predicted octanol–water partition coefficient (Wildman–Crippen LogP) is 3.81. The topological polar surface area (TPSA) is 55.8 Å². The van der Waals surface area contributed by atoms with Crippen molar-refractivity contribution < 1.29 is 32.5 Å². The fourth-order valence-corrected chi connectivity index (χ4v) is 1.65. The molecular formula is C15H17F3O4. The van der Waals surface area contributed by atoms with Gasteiger partial charge in [0.25, 0.3) is 0 Å². The van der Waals surface area contributed by atoms with E-state index in [1.807, 2.05) is 6.92 Å². The third-order valence-corrected chi connectivity index (χ3v) is 2.83. The van der Waals surface area contributed by atoms with Crippen LogP contribution >= 0.6 is 0 Å². The van der Waals surface area contributed by atoms with Crippen molar-refractivity contribution in [3.05, 3.63) is 41.9 Å². The van der Waals surface area contributed by atoms with Gasteiger partial charge in [0.1, 0.15) is 11.9 Å². The summed E-state index contributed by atoms with van der Waals surface area (Å²) >= 11 is 0. The first-order valence-electron chi connectivity index (χ1n) is 6.71. The van der Waals surface area contributed by atoms with Crippen LogP contribution in [0.2, 0.25) is 0 Å². The van der Waals surface area contributed by atoms with Crippen molar-refractivity contribution in [3.63, 3.8) is 0 Å². The molecule has 4 nitrogen and oxygen atoms in total. The molecule has 2 unspecified atom stereocenters. The number of aliphatic hydroxyl groups is 1. The van der Waals surface area contributed by atoms with Crippen LogP contribution in [0.4, 0.5) is 13.2 Å². The first kappa shape index (κ1) is 18.0. The van der Waals surface area contributed by atoms with Gasteiger partial charge in [0.2, 0.25) is 0 Å². The zero-order chi connectivity index (χ0) is 16.7. The lowest BCUT2D eigenvalue weighted by Gasteiger charge is -2.16. The van der Waals surface area contributed by atoms with Crippen molar-refractivity contribution in [2.45, 2.75) is 38.9 Å². The van der Waals surface area contributed by atoms with Crippen molar-refractivity contribution in [1.29, 1.82) is 0 Å². The first-order chi connectivity index (χ1) is 10.3. The van der Waals surface area contributed by atoms with Crippen molar-refractivity contribution in [2.24, 2.45) is 0 Å². The summed E-state index contributed by atoms with van der Waals surface area (Å²) in [5, 5.41) is 9.47. The van der Waals surface area contributed by atoms with E-state index in [2.05, 4.69) is 4.74 Å². The Kier molecular flexibility index (Phi) is 6.91. The van der Waals surface area contributed by atoms with E-state index in [-0.39, 0.29) is 11.3 Å². The number of halogens is 3. The van der Waals surface area contributed by atoms with Gasteiger partial charge in [-0.1, -0.05) is 6.92 Å². The van der Waals surface area contributed by atoms with E-state index in [9.17, 15) is 23.1 Å². The standard InChI is InChI=1S/C15H17F3O4/c1-3-11(19)8-9(2)21-15(20)10-4-6-12(7-5-10)22-14(18)13(16)17/h4-7,9,11,19H,3,8H2,1-2H3. The number of benzene rings is 1. The molecule has 22 heavy (non-hydrogen) atoms. The Balaban J connectivity index is 2.62. The average molecular weight is 318 g/mol. The molecule has 0 heterocycles. The normalized spacial score (nSPS) is 13.2. The van der Waals surface area contributed by atoms with Gasteiger partial charge in [-0.3, -0.25) is 0 Å². The Morgan fingerprint density at radius 2 is 1.82 bits per heavy atom. The molecule has 0 fully saturated rings. The minimum atomic E-state index is -2.56. The van der Waals surface area contributed by atoms with Gasteiger partial charge in [-0.15, -0.1) is 0 Å². The number of carbonyl (C=O) groups is 1. The summed E-state index contributed by atoms with van der Waals surface area (Å²) in [4.78, 5) is 11.8. The zero-order valence-corrected chi connectivity index (χ0v) is 12.2. The second-order valence-corrected chi connectivity index (χ2v) is 4.67. The number of esters is 1. The summed E-state index contributed by atoms with van der Waals surface area (Å²) in [6, 6.07) is 2.89. The molecule has 0 aromatic heterocycles. The van der Waals surface area contributed by atoms with Gasteiger partial charge in [-0.2, -0.15) is 13.2 Å². The summed E-state index contributed by atoms with van der Waals surface area (Å²) in [5.74, 6) is -0.800. The molecule has 2 atom stereocenters. The van der Waals surface area contributed by atoms with Crippen LogP contribution in [0.3, 0.4) is 0 Å². The smallest absolute Gasteiger partial charge is 0.344 e. The molecule has 0 radical (unpaired) electrons. The van der Waals surface area contributed by atoms with Crippen molar-refractivity contribution >= 4 is 5.97 Å². The lowest BCUT2D eigenvalue weighted by Crippen LogP contribution is -2.20. The summed E-state index contributed by atoms with van der Waals surface area (Å²) in [5.41, 5.74) is 0.162. The quantitative estimate of drug-likeness (QED) is 0.613. The number of hydrogen-bond acceptors (Lipinski definition) is 4. The van der Waals surface area contributed by atoms with Crippen LogP contribution in [0.15, 0.2) is 36.4 Å². The molecule has 122 valence electrons. The van der Waals surface area contributed by atoms with Gasteiger partial charge in [0.15, 0.2) is 0 Å². The van der Waals surface area contributed by atoms with E-state index < -0.39 is 30.3 Å². The molecule has 0 saturated heterocycles. The lowest BCUT2D eigenvalue weighted by molar-refractivity contribution is 0.0197. The molecule has 1 aromatic rings. The molecule has 7 heteroatoms. The highest BCUT2D eigenvalue weighted by atomic mass is 19.3. The van der Waals surface area contributed by atoms with E-state index in [1.165, 1.54) is 24.3 Å². The molecule has 0 amide bonds. The van der Waals surface area contributed by atoms with Crippen LogP contribution in [-0.4, -0.2) is 23.3 Å². The minimum Gasteiger partial charge on any atom is -0.459 e. The highest BCUT2D eigenvalue weighted by Crippen LogP contribution is 2.19. The Morgan fingerprint density at radius 3 is 2.32 bits per heavy atom. The molecule has 1 aromatic carbocycles. The Morgan fingerprint density at radius 1 is 1.23 bits per heavy atom. The van der Waals surface area contributed by atoms with E-state index in [1.54, 1.807) is 6.92 Å². The predicted molar refractivity (Wildman–Crippen MR) is 73.2 cm³/mol. The molecule has 0 bridgehead atoms. The Hall–Kier alpha value is -2.02. The molecule has 0 aliphatic heterocycles. The minimum absolute atomic E-state index is 0.162. The van der Waals surface area contributed by atoms with E-state index in [4.69, 9.17) is 4.74 Å². The number of rotatable bonds is 7. The molecule has 0 spiro atoms. The number of carbonyl (C=O) groups excluding carboxylic acids is 1. The summed E-state index contributed by atoms with van der Waals surface area (Å²) in [7, 11) is 0. The van der Waals surface area contributed by atoms with E-state index in [0.717, 1.165) is 0 Å². The monoisotopic (exact) mass is 318 g/mol. The van der Waals surface area contributed by atoms with Crippen LogP contribution in [0.1, 0.15) is 37.0 Å². The van der Waals surface area contributed by atoms with Gasteiger partial charge in [0, 0.05) is 6.42 Å². The van der Waals surface area contributed by atoms with Crippen molar-refractivity contribution in [2.75, 3.05) is 0 Å². The second-order valence-electron chi connectivity index (χ2n) is 4.67. The Labute approximate surface area is 126 Å². The van der Waals surface area contributed by atoms with Gasteiger partial charge in [0.05, 0.1) is 11.7 Å². The maximum Gasteiger partial charge on any atom is 0.344 e. The molecule has 1 N–H and O–H groups in total. The van der Waals surface area contributed by atoms with Crippen molar-refractivity contribution in [3.8, 4) is 5.75 Å². The average Bonchev–Trinajstić information content (AvgIpc) is 2.47. The SMILES string of the molecule is CCC(O)CC(C)OC(=O)c1ccc(OC(F)=C(F)F)cc1. The molecule has 1 rings (SSSR count).